The minimum atomic E-state index is -0.250. The molecule has 20 heavy (non-hydrogen) atoms. The molecule has 0 spiro atoms. The summed E-state index contributed by atoms with van der Waals surface area (Å²) in [6.45, 7) is 3.99. The van der Waals surface area contributed by atoms with Gasteiger partial charge >= 0.3 is 0 Å². The van der Waals surface area contributed by atoms with Crippen molar-refractivity contribution in [2.45, 2.75) is 26.7 Å². The number of carbonyl (C=O) groups is 2. The molecule has 0 radical (unpaired) electrons. The highest BCUT2D eigenvalue weighted by atomic mass is 35.5. The Morgan fingerprint density at radius 2 is 2.00 bits per heavy atom. The molecule has 0 atom stereocenters. The summed E-state index contributed by atoms with van der Waals surface area (Å²) >= 11 is 11.9. The van der Waals surface area contributed by atoms with Crippen molar-refractivity contribution >= 4 is 40.7 Å². The van der Waals surface area contributed by atoms with E-state index >= 15 is 0 Å². The third kappa shape index (κ3) is 5.02. The molecule has 0 saturated carbocycles. The van der Waals surface area contributed by atoms with Crippen LogP contribution < -0.4 is 10.2 Å². The summed E-state index contributed by atoms with van der Waals surface area (Å²) in [5, 5.41) is 3.59. The number of nitrogens with zero attached hydrogens (tertiary/aromatic N) is 1. The minimum Gasteiger partial charge on any atom is -0.355 e. The van der Waals surface area contributed by atoms with Crippen molar-refractivity contribution in [3.05, 3.63) is 28.2 Å². The van der Waals surface area contributed by atoms with Crippen LogP contribution in [0.3, 0.4) is 0 Å². The highest BCUT2D eigenvalue weighted by molar-refractivity contribution is 6.36. The van der Waals surface area contributed by atoms with Crippen LogP contribution in [0.15, 0.2) is 18.2 Å². The highest BCUT2D eigenvalue weighted by Gasteiger charge is 2.18. The number of rotatable bonds is 6. The van der Waals surface area contributed by atoms with Crippen LogP contribution in [-0.4, -0.2) is 24.9 Å². The second kappa shape index (κ2) is 8.12. The second-order valence-electron chi connectivity index (χ2n) is 4.40. The summed E-state index contributed by atoms with van der Waals surface area (Å²) in [5.41, 5.74) is 0.481. The van der Waals surface area contributed by atoms with Gasteiger partial charge in [0.25, 0.3) is 0 Å². The molecule has 0 aliphatic carbocycles. The standard InChI is InChI=1S/C14H18Cl2N2O2/c1-3-4-7-17-14(20)9-18(10(2)19)13-6-5-11(15)8-12(13)16/h5-6,8H,3-4,7,9H2,1-2H3,(H,17,20). The monoisotopic (exact) mass is 316 g/mol. The zero-order chi connectivity index (χ0) is 15.1. The number of nitrogens with one attached hydrogen (secondary N) is 1. The van der Waals surface area contributed by atoms with E-state index in [1.54, 1.807) is 18.2 Å². The van der Waals surface area contributed by atoms with Gasteiger partial charge in [0, 0.05) is 18.5 Å². The highest BCUT2D eigenvalue weighted by Crippen LogP contribution is 2.28. The van der Waals surface area contributed by atoms with Gasteiger partial charge in [-0.3, -0.25) is 9.59 Å². The average molecular weight is 317 g/mol. The molecule has 0 bridgehead atoms. The first-order valence-corrected chi connectivity index (χ1v) is 7.21. The molecule has 0 unspecified atom stereocenters. The Morgan fingerprint density at radius 1 is 1.30 bits per heavy atom. The van der Waals surface area contributed by atoms with E-state index in [1.807, 2.05) is 6.92 Å². The molecular weight excluding hydrogens is 299 g/mol. The lowest BCUT2D eigenvalue weighted by Crippen LogP contribution is -2.40. The van der Waals surface area contributed by atoms with E-state index in [-0.39, 0.29) is 18.4 Å². The first kappa shape index (κ1) is 16.8. The lowest BCUT2D eigenvalue weighted by Gasteiger charge is -2.22. The Kier molecular flexibility index (Phi) is 6.82. The van der Waals surface area contributed by atoms with Crippen LogP contribution in [-0.2, 0) is 9.59 Å². The maximum Gasteiger partial charge on any atom is 0.240 e. The summed E-state index contributed by atoms with van der Waals surface area (Å²) in [4.78, 5) is 24.8. The lowest BCUT2D eigenvalue weighted by molar-refractivity contribution is -0.123. The number of benzene rings is 1. The Morgan fingerprint density at radius 3 is 2.55 bits per heavy atom. The molecule has 6 heteroatoms. The number of anilines is 1. The van der Waals surface area contributed by atoms with Crippen LogP contribution in [0.2, 0.25) is 10.0 Å². The average Bonchev–Trinajstić information content (AvgIpc) is 2.37. The van der Waals surface area contributed by atoms with Crippen molar-refractivity contribution in [2.75, 3.05) is 18.0 Å². The van der Waals surface area contributed by atoms with Crippen LogP contribution in [0.25, 0.3) is 0 Å². The molecule has 1 N–H and O–H groups in total. The Hall–Kier alpha value is -1.26. The van der Waals surface area contributed by atoms with Gasteiger partial charge in [0.2, 0.25) is 11.8 Å². The van der Waals surface area contributed by atoms with Crippen LogP contribution in [0, 0.1) is 0 Å². The van der Waals surface area contributed by atoms with Crippen molar-refractivity contribution < 1.29 is 9.59 Å². The number of halogens is 2. The molecule has 0 aliphatic rings. The topological polar surface area (TPSA) is 49.4 Å². The van der Waals surface area contributed by atoms with E-state index < -0.39 is 0 Å². The fourth-order valence-corrected chi connectivity index (χ4v) is 2.18. The van der Waals surface area contributed by atoms with Gasteiger partial charge < -0.3 is 10.2 Å². The van der Waals surface area contributed by atoms with E-state index in [0.717, 1.165) is 12.8 Å². The summed E-state index contributed by atoms with van der Waals surface area (Å²) in [6.07, 6.45) is 1.91. The zero-order valence-corrected chi connectivity index (χ0v) is 13.1. The molecule has 0 fully saturated rings. The number of amides is 2. The Bertz CT molecular complexity index is 492. The maximum absolute atomic E-state index is 11.8. The smallest absolute Gasteiger partial charge is 0.240 e. The van der Waals surface area contributed by atoms with Crippen molar-refractivity contribution in [1.29, 1.82) is 0 Å². The Balaban J connectivity index is 2.79. The number of carbonyl (C=O) groups excluding carboxylic acids is 2. The maximum atomic E-state index is 11.8. The van der Waals surface area contributed by atoms with E-state index in [2.05, 4.69) is 5.32 Å². The number of unbranched alkanes of at least 4 members (excludes halogenated alkanes) is 1. The largest absolute Gasteiger partial charge is 0.355 e. The first-order valence-electron chi connectivity index (χ1n) is 6.45. The Labute approximate surface area is 129 Å². The first-order chi connectivity index (χ1) is 9.45. The predicted octanol–water partition coefficient (Wildman–Crippen LogP) is 3.26. The van der Waals surface area contributed by atoms with Gasteiger partial charge in [-0.25, -0.2) is 0 Å². The molecule has 2 amide bonds. The molecule has 1 rings (SSSR count). The van der Waals surface area contributed by atoms with Gasteiger partial charge in [0.1, 0.15) is 6.54 Å². The third-order valence-electron chi connectivity index (χ3n) is 2.73. The fraction of sp³-hybridized carbons (Fsp3) is 0.429. The molecular formula is C14H18Cl2N2O2. The molecule has 110 valence electrons. The van der Waals surface area contributed by atoms with Crippen LogP contribution in [0.4, 0.5) is 5.69 Å². The van der Waals surface area contributed by atoms with E-state index in [1.165, 1.54) is 11.8 Å². The zero-order valence-electron chi connectivity index (χ0n) is 11.6. The van der Waals surface area contributed by atoms with Crippen molar-refractivity contribution in [1.82, 2.24) is 5.32 Å². The molecule has 0 aromatic heterocycles. The van der Waals surface area contributed by atoms with Gasteiger partial charge in [0.15, 0.2) is 0 Å². The molecule has 1 aromatic carbocycles. The minimum absolute atomic E-state index is 0.0552. The number of hydrogen-bond donors (Lipinski definition) is 1. The predicted molar refractivity (Wildman–Crippen MR) is 82.4 cm³/mol. The summed E-state index contributed by atoms with van der Waals surface area (Å²) in [5.74, 6) is -0.459. The van der Waals surface area contributed by atoms with Gasteiger partial charge in [-0.05, 0) is 24.6 Å². The van der Waals surface area contributed by atoms with Crippen LogP contribution >= 0.6 is 23.2 Å². The van der Waals surface area contributed by atoms with Crippen molar-refractivity contribution in [2.24, 2.45) is 0 Å². The second-order valence-corrected chi connectivity index (χ2v) is 5.25. The summed E-state index contributed by atoms with van der Waals surface area (Å²) < 4.78 is 0. The quantitative estimate of drug-likeness (QED) is 0.819. The van der Waals surface area contributed by atoms with Crippen molar-refractivity contribution in [3.8, 4) is 0 Å². The molecule has 0 saturated heterocycles. The van der Waals surface area contributed by atoms with Gasteiger partial charge in [0.05, 0.1) is 10.7 Å². The summed E-state index contributed by atoms with van der Waals surface area (Å²) in [7, 11) is 0. The van der Waals surface area contributed by atoms with E-state index in [4.69, 9.17) is 23.2 Å². The lowest BCUT2D eigenvalue weighted by atomic mass is 10.2. The van der Waals surface area contributed by atoms with Crippen LogP contribution in [0.1, 0.15) is 26.7 Å². The fourth-order valence-electron chi connectivity index (χ4n) is 1.67. The van der Waals surface area contributed by atoms with Gasteiger partial charge in [-0.2, -0.15) is 0 Å². The molecule has 0 heterocycles. The van der Waals surface area contributed by atoms with E-state index in [9.17, 15) is 9.59 Å². The molecule has 4 nitrogen and oxygen atoms in total. The van der Waals surface area contributed by atoms with Gasteiger partial charge in [-0.15, -0.1) is 0 Å². The van der Waals surface area contributed by atoms with Crippen molar-refractivity contribution in [3.63, 3.8) is 0 Å². The third-order valence-corrected chi connectivity index (χ3v) is 3.27. The van der Waals surface area contributed by atoms with Gasteiger partial charge in [-0.1, -0.05) is 36.5 Å². The SMILES string of the molecule is CCCCNC(=O)CN(C(C)=O)c1ccc(Cl)cc1Cl. The normalized spacial score (nSPS) is 10.2. The number of hydrogen-bond acceptors (Lipinski definition) is 2. The molecule has 1 aromatic rings. The van der Waals surface area contributed by atoms with Crippen LogP contribution in [0.5, 0.6) is 0 Å². The molecule has 0 aliphatic heterocycles. The van der Waals surface area contributed by atoms with E-state index in [0.29, 0.717) is 22.3 Å². The summed E-state index contributed by atoms with van der Waals surface area (Å²) in [6, 6.07) is 4.81.